The molecule has 1 aliphatic heterocycles. The molecule has 0 spiro atoms. The smallest absolute Gasteiger partial charge is 0.274 e. The van der Waals surface area contributed by atoms with Crippen LogP contribution in [0, 0.1) is 28.9 Å². The van der Waals surface area contributed by atoms with Crippen LogP contribution in [0.5, 0.6) is 0 Å². The molecular formula is C32H23N3O4. The minimum absolute atomic E-state index is 0.00161. The molecule has 190 valence electrons. The Morgan fingerprint density at radius 1 is 0.897 bits per heavy atom. The molecule has 7 heteroatoms. The maximum atomic E-state index is 14.5. The number of hydrogen-bond donors (Lipinski definition) is 0. The van der Waals surface area contributed by atoms with Gasteiger partial charge in [-0.3, -0.25) is 24.7 Å². The molecule has 4 bridgehead atoms. The first kappa shape index (κ1) is 23.2. The minimum atomic E-state index is -1.05. The van der Waals surface area contributed by atoms with Gasteiger partial charge in [-0.05, 0) is 52.9 Å². The molecule has 2 amide bonds. The third-order valence-electron chi connectivity index (χ3n) is 8.43. The van der Waals surface area contributed by atoms with Gasteiger partial charge in [-0.2, -0.15) is 0 Å². The molecule has 1 fully saturated rings. The molecule has 1 saturated heterocycles. The lowest BCUT2D eigenvalue weighted by Crippen LogP contribution is -2.51. The van der Waals surface area contributed by atoms with Crippen LogP contribution in [0.4, 0.5) is 17.1 Å². The number of para-hydroxylation sites is 2. The zero-order valence-electron chi connectivity index (χ0n) is 21.0. The van der Waals surface area contributed by atoms with E-state index in [1.54, 1.807) is 6.07 Å². The minimum Gasteiger partial charge on any atom is -0.274 e. The Labute approximate surface area is 224 Å². The van der Waals surface area contributed by atoms with Crippen LogP contribution in [-0.2, 0) is 15.0 Å². The van der Waals surface area contributed by atoms with Gasteiger partial charge in [-0.15, -0.1) is 0 Å². The highest BCUT2D eigenvalue weighted by Crippen LogP contribution is 2.60. The summed E-state index contributed by atoms with van der Waals surface area (Å²) < 4.78 is 0. The first-order chi connectivity index (χ1) is 18.9. The van der Waals surface area contributed by atoms with E-state index in [0.29, 0.717) is 0 Å². The zero-order chi connectivity index (χ0) is 26.9. The number of carbonyl (C=O) groups is 2. The van der Waals surface area contributed by atoms with Gasteiger partial charge in [0, 0.05) is 18.2 Å². The van der Waals surface area contributed by atoms with Crippen molar-refractivity contribution in [2.24, 2.45) is 16.8 Å². The van der Waals surface area contributed by atoms with Gasteiger partial charge in [0.05, 0.1) is 27.9 Å². The average Bonchev–Trinajstić information content (AvgIpc) is 3.19. The number of carbonyl (C=O) groups excluding carboxylic acids is 2. The van der Waals surface area contributed by atoms with Crippen LogP contribution in [0.3, 0.4) is 0 Å². The Morgan fingerprint density at radius 2 is 1.64 bits per heavy atom. The number of amides is 2. The first-order valence-corrected chi connectivity index (χ1v) is 12.8. The molecule has 4 atom stereocenters. The summed E-state index contributed by atoms with van der Waals surface area (Å²) in [5.74, 6) is -2.80. The van der Waals surface area contributed by atoms with Crippen molar-refractivity contribution in [2.45, 2.75) is 18.3 Å². The normalized spacial score (nSPS) is 24.5. The molecule has 1 heterocycles. The quantitative estimate of drug-likeness (QED) is 0.148. The van der Waals surface area contributed by atoms with Gasteiger partial charge in [0.1, 0.15) is 5.69 Å². The number of anilines is 1. The fourth-order valence-electron chi connectivity index (χ4n) is 6.85. The van der Waals surface area contributed by atoms with Gasteiger partial charge < -0.3 is 0 Å². The van der Waals surface area contributed by atoms with Crippen molar-refractivity contribution in [1.82, 2.24) is 0 Å². The Bertz CT molecular complexity index is 1730. The highest BCUT2D eigenvalue weighted by atomic mass is 16.6. The van der Waals surface area contributed by atoms with Gasteiger partial charge in [-0.1, -0.05) is 72.8 Å². The number of benzene rings is 4. The number of nitro benzene ring substituents is 1. The summed E-state index contributed by atoms with van der Waals surface area (Å²) in [6.45, 7) is 1.99. The lowest BCUT2D eigenvalue weighted by Gasteiger charge is -2.48. The Hall–Kier alpha value is -4.91. The van der Waals surface area contributed by atoms with Crippen molar-refractivity contribution >= 4 is 35.1 Å². The van der Waals surface area contributed by atoms with E-state index >= 15 is 0 Å². The highest BCUT2D eigenvalue weighted by molar-refractivity contribution is 6.25. The summed E-state index contributed by atoms with van der Waals surface area (Å²) in [6.07, 6.45) is 1.82. The fraction of sp³-hybridized carbons (Fsp3) is 0.156. The van der Waals surface area contributed by atoms with E-state index in [0.717, 1.165) is 38.4 Å². The molecule has 4 aromatic rings. The number of aliphatic imine (C=N–C) groups is 1. The second-order valence-corrected chi connectivity index (χ2v) is 10.4. The van der Waals surface area contributed by atoms with E-state index in [2.05, 4.69) is 0 Å². The first-order valence-electron chi connectivity index (χ1n) is 12.8. The van der Waals surface area contributed by atoms with Crippen LogP contribution in [-0.4, -0.2) is 23.0 Å². The number of imide groups is 1. The molecule has 4 aromatic carbocycles. The third-order valence-corrected chi connectivity index (χ3v) is 8.43. The summed E-state index contributed by atoms with van der Waals surface area (Å²) >= 11 is 0. The molecule has 0 saturated carbocycles. The van der Waals surface area contributed by atoms with Gasteiger partial charge >= 0.3 is 0 Å². The molecule has 7 nitrogen and oxygen atoms in total. The predicted octanol–water partition coefficient (Wildman–Crippen LogP) is 5.86. The maximum absolute atomic E-state index is 14.5. The lowest BCUT2D eigenvalue weighted by atomic mass is 9.52. The van der Waals surface area contributed by atoms with E-state index in [9.17, 15) is 19.7 Å². The average molecular weight is 514 g/mol. The van der Waals surface area contributed by atoms with Crippen molar-refractivity contribution in [2.75, 3.05) is 4.90 Å². The Morgan fingerprint density at radius 3 is 2.41 bits per heavy atom. The number of hydrogen-bond acceptors (Lipinski definition) is 5. The summed E-state index contributed by atoms with van der Waals surface area (Å²) in [7, 11) is 0. The van der Waals surface area contributed by atoms with Crippen LogP contribution >= 0.6 is 0 Å². The van der Waals surface area contributed by atoms with Crippen LogP contribution in [0.1, 0.15) is 33.7 Å². The number of aryl methyl sites for hydroxylation is 1. The predicted molar refractivity (Wildman–Crippen MR) is 147 cm³/mol. The fourth-order valence-corrected chi connectivity index (χ4v) is 6.85. The topological polar surface area (TPSA) is 92.9 Å². The number of rotatable bonds is 4. The molecule has 6 aliphatic rings. The molecule has 0 aromatic heterocycles. The molecule has 5 aliphatic carbocycles. The monoisotopic (exact) mass is 513 g/mol. The molecule has 0 radical (unpaired) electrons. The number of nitro groups is 1. The zero-order valence-corrected chi connectivity index (χ0v) is 21.0. The molecule has 39 heavy (non-hydrogen) atoms. The summed E-state index contributed by atoms with van der Waals surface area (Å²) in [4.78, 5) is 46.1. The van der Waals surface area contributed by atoms with Crippen molar-refractivity contribution in [3.8, 4) is 0 Å². The standard InChI is InChI=1S/C32H23N3O4/c1-19-7-6-8-22(17-19)33-18-32-21-15-13-20(14-16-21)27(23-9-2-3-10-24(23)32)28-29(32)31(37)34(30(28)36)25-11-4-5-12-26(25)35(38)39/h2-18,27-29H,1H3/t27-,28+,29+,32+/m0/s1. The number of nitrogens with zero attached hydrogens (tertiary/aromatic N) is 3. The lowest BCUT2D eigenvalue weighted by molar-refractivity contribution is -0.384. The van der Waals surface area contributed by atoms with Crippen molar-refractivity contribution in [1.29, 1.82) is 0 Å². The van der Waals surface area contributed by atoms with Crippen LogP contribution in [0.25, 0.3) is 0 Å². The second-order valence-electron chi connectivity index (χ2n) is 10.4. The Balaban J connectivity index is 1.52. The second kappa shape index (κ2) is 8.30. The van der Waals surface area contributed by atoms with Crippen LogP contribution < -0.4 is 4.90 Å². The molecule has 0 N–H and O–H groups in total. The summed E-state index contributed by atoms with van der Waals surface area (Å²) in [5.41, 5.74) is 4.17. The molecule has 10 rings (SSSR count). The van der Waals surface area contributed by atoms with E-state index < -0.39 is 34.0 Å². The van der Waals surface area contributed by atoms with E-state index in [-0.39, 0.29) is 17.3 Å². The summed E-state index contributed by atoms with van der Waals surface area (Å²) in [5, 5.41) is 11.9. The van der Waals surface area contributed by atoms with E-state index in [1.165, 1.54) is 18.2 Å². The molecule has 0 unspecified atom stereocenters. The van der Waals surface area contributed by atoms with Gasteiger partial charge in [0.2, 0.25) is 11.8 Å². The largest absolute Gasteiger partial charge is 0.293 e. The van der Waals surface area contributed by atoms with Gasteiger partial charge in [0.25, 0.3) is 5.69 Å². The third kappa shape index (κ3) is 3.13. The van der Waals surface area contributed by atoms with Crippen molar-refractivity contribution in [3.05, 3.63) is 135 Å². The summed E-state index contributed by atoms with van der Waals surface area (Å²) in [6, 6.07) is 29.7. The van der Waals surface area contributed by atoms with Crippen molar-refractivity contribution in [3.63, 3.8) is 0 Å². The maximum Gasteiger partial charge on any atom is 0.293 e. The Kier molecular flexibility index (Phi) is 4.94. The highest BCUT2D eigenvalue weighted by Gasteiger charge is 2.65. The van der Waals surface area contributed by atoms with Gasteiger partial charge in [0.15, 0.2) is 0 Å². The van der Waals surface area contributed by atoms with Crippen molar-refractivity contribution < 1.29 is 14.5 Å². The van der Waals surface area contributed by atoms with E-state index in [4.69, 9.17) is 4.99 Å². The molecular weight excluding hydrogens is 490 g/mol. The van der Waals surface area contributed by atoms with Crippen LogP contribution in [0.2, 0.25) is 0 Å². The van der Waals surface area contributed by atoms with Crippen LogP contribution in [0.15, 0.2) is 102 Å². The SMILES string of the molecule is Cc1cccc(N=C[C@@]23c4ccc(cc4)[C@@H](c4ccccc42)[C@H]2C(=O)N(c4ccccc4[N+](=O)[O-])C(=O)[C@@H]23)c1. The van der Waals surface area contributed by atoms with E-state index in [1.807, 2.05) is 85.9 Å². The van der Waals surface area contributed by atoms with Gasteiger partial charge in [-0.25, -0.2) is 4.90 Å².